The molecule has 0 radical (unpaired) electrons. The Morgan fingerprint density at radius 3 is 1.12 bits per heavy atom. The number of aromatic nitrogens is 3. The lowest BCUT2D eigenvalue weighted by atomic mass is 9.78. The molecule has 5 nitrogen and oxygen atoms in total. The Labute approximate surface area is 557 Å². The fourth-order valence-corrected chi connectivity index (χ4v) is 12.7. The quantitative estimate of drug-likeness (QED) is 0.0911. The maximum absolute atomic E-state index is 6.19. The molecule has 0 saturated carbocycles. The molecule has 0 aliphatic carbocycles. The van der Waals surface area contributed by atoms with E-state index in [0.717, 1.165) is 53.0 Å². The van der Waals surface area contributed by atoms with Gasteiger partial charge in [0.15, 0.2) is 0 Å². The molecule has 0 saturated heterocycles. The van der Waals surface area contributed by atoms with Gasteiger partial charge < -0.3 is 13.9 Å². The first-order valence-electron chi connectivity index (χ1n) is 30.9. The van der Waals surface area contributed by atoms with Crippen LogP contribution in [0.4, 0.5) is 17.1 Å². The second-order valence-corrected chi connectivity index (χ2v) is 24.8. The molecule has 0 amide bonds. The molecule has 13 rings (SSSR count). The molecular weight excluding hydrogens is 1130 g/mol. The van der Waals surface area contributed by atoms with E-state index in [9.17, 15) is 0 Å². The van der Waals surface area contributed by atoms with Crippen LogP contribution in [0.25, 0.3) is 83.8 Å². The highest BCUT2D eigenvalue weighted by Gasteiger charge is 2.24. The molecule has 11 aromatic carbocycles. The van der Waals surface area contributed by atoms with Gasteiger partial charge in [-0.2, -0.15) is 0 Å². The lowest BCUT2D eigenvalue weighted by molar-refractivity contribution is 0.467. The molecule has 2 heterocycles. The van der Waals surface area contributed by atoms with Crippen LogP contribution in [0.15, 0.2) is 271 Å². The molecule has 0 N–H and O–H groups in total. The van der Waals surface area contributed by atoms with Crippen molar-refractivity contribution < 1.29 is 4.42 Å². The third-order valence-electron chi connectivity index (χ3n) is 17.9. The summed E-state index contributed by atoms with van der Waals surface area (Å²) in [7, 11) is 0. The van der Waals surface area contributed by atoms with E-state index in [-0.39, 0.29) is 50.0 Å². The van der Waals surface area contributed by atoms with Gasteiger partial charge in [-0.15, -0.1) is 10.2 Å². The van der Waals surface area contributed by atoms with Crippen molar-refractivity contribution in [2.75, 3.05) is 4.90 Å². The molecule has 5 heteroatoms. The minimum atomic E-state index is 0. The summed E-state index contributed by atoms with van der Waals surface area (Å²) in [5.41, 5.74) is 24.0. The van der Waals surface area contributed by atoms with E-state index in [1.54, 1.807) is 0 Å². The van der Waals surface area contributed by atoms with Gasteiger partial charge in [0, 0.05) is 44.6 Å². The molecule has 0 fully saturated rings. The molecule has 3 atom stereocenters. The van der Waals surface area contributed by atoms with Crippen LogP contribution in [-0.2, 0) is 5.41 Å². The lowest BCUT2D eigenvalue weighted by Gasteiger charge is -2.27. The Bertz CT molecular complexity index is 4340. The Morgan fingerprint density at radius 1 is 0.376 bits per heavy atom. The Hall–Kier alpha value is -9.84. The fourth-order valence-electron chi connectivity index (χ4n) is 12.7. The molecule has 2 aromatic heterocycles. The van der Waals surface area contributed by atoms with Crippen LogP contribution in [0, 0.1) is 13.8 Å². The normalized spacial score (nSPS) is 11.9. The topological polar surface area (TPSA) is 47.1 Å². The monoisotopic (exact) mass is 1230 g/mol. The van der Waals surface area contributed by atoms with Crippen molar-refractivity contribution in [1.82, 2.24) is 14.8 Å². The number of benzene rings is 11. The number of rotatable bonds is 17. The summed E-state index contributed by atoms with van der Waals surface area (Å²) in [6.45, 7) is 15.7. The van der Waals surface area contributed by atoms with Crippen LogP contribution < -0.4 is 4.90 Å². The standard InChI is InChI=1S/C82H74N4O.6CH4/c1-8-58(60-25-27-62(28-26-60)64-33-35-68(36-34-64)80-83-84-81(87-80)69-37-43-71(44-38-69)82(5,6)7)54-70(67-31-29-63(30-32-67)65-39-49-74(50-40-65)85(72-45-17-55(2)18-46-72)73-47-19-56(3)20-48-73)53-57(4)59-21-23-61(24-22-59)66-41-51-75(52-42-66)86-78-15-11-9-13-76(78)77-14-10-12-16-79(77)86;;;;;;/h9-52,57-58,70H,8,53-54H2,1-7H3;6*1H4. The van der Waals surface area contributed by atoms with Gasteiger partial charge in [-0.25, -0.2) is 0 Å². The first kappa shape index (κ1) is 70.6. The molecule has 0 aliphatic heterocycles. The molecule has 93 heavy (non-hydrogen) atoms. The van der Waals surface area contributed by atoms with Gasteiger partial charge in [0.1, 0.15) is 0 Å². The van der Waals surface area contributed by atoms with Crippen molar-refractivity contribution in [2.45, 2.75) is 135 Å². The maximum atomic E-state index is 6.19. The summed E-state index contributed by atoms with van der Waals surface area (Å²) >= 11 is 0. The van der Waals surface area contributed by atoms with Crippen molar-refractivity contribution in [2.24, 2.45) is 0 Å². The summed E-state index contributed by atoms with van der Waals surface area (Å²) in [5.74, 6) is 2.07. The lowest BCUT2D eigenvalue weighted by Crippen LogP contribution is -2.10. The van der Waals surface area contributed by atoms with Crippen molar-refractivity contribution in [3.63, 3.8) is 0 Å². The predicted molar refractivity (Wildman–Crippen MR) is 405 cm³/mol. The van der Waals surface area contributed by atoms with Gasteiger partial charge in [-0.3, -0.25) is 0 Å². The first-order valence-corrected chi connectivity index (χ1v) is 30.9. The summed E-state index contributed by atoms with van der Waals surface area (Å²) in [6, 6.07) is 98.1. The van der Waals surface area contributed by atoms with Crippen molar-refractivity contribution >= 4 is 38.9 Å². The number of fused-ring (bicyclic) bond motifs is 3. The Kier molecular flexibility index (Phi) is 23.2. The third kappa shape index (κ3) is 15.1. The Morgan fingerprint density at radius 2 is 0.710 bits per heavy atom. The number of hydrogen-bond acceptors (Lipinski definition) is 4. The maximum Gasteiger partial charge on any atom is 0.248 e. The van der Waals surface area contributed by atoms with Crippen LogP contribution in [-0.4, -0.2) is 14.8 Å². The second-order valence-electron chi connectivity index (χ2n) is 24.8. The molecular formula is C88H98N4O. The van der Waals surface area contributed by atoms with Gasteiger partial charge in [-0.05, 0) is 197 Å². The molecule has 3 unspecified atom stereocenters. The van der Waals surface area contributed by atoms with Gasteiger partial charge >= 0.3 is 0 Å². The van der Waals surface area contributed by atoms with Crippen molar-refractivity contribution in [1.29, 1.82) is 0 Å². The largest absolute Gasteiger partial charge is 0.416 e. The van der Waals surface area contributed by atoms with Crippen LogP contribution >= 0.6 is 0 Å². The van der Waals surface area contributed by atoms with E-state index in [1.807, 2.05) is 0 Å². The predicted octanol–water partition coefficient (Wildman–Crippen LogP) is 26.6. The van der Waals surface area contributed by atoms with Gasteiger partial charge in [0.2, 0.25) is 11.8 Å². The highest BCUT2D eigenvalue weighted by Crippen LogP contribution is 2.42. The molecule has 0 aliphatic rings. The van der Waals surface area contributed by atoms with Crippen molar-refractivity contribution in [3.8, 4) is 62.0 Å². The van der Waals surface area contributed by atoms with Gasteiger partial charge in [0.25, 0.3) is 0 Å². The Balaban J connectivity index is 0.00000204. The smallest absolute Gasteiger partial charge is 0.248 e. The van der Waals surface area contributed by atoms with Crippen LogP contribution in [0.1, 0.15) is 150 Å². The minimum absolute atomic E-state index is 0. The van der Waals surface area contributed by atoms with E-state index >= 15 is 0 Å². The van der Waals surface area contributed by atoms with E-state index in [0.29, 0.717) is 29.5 Å². The number of anilines is 3. The summed E-state index contributed by atoms with van der Waals surface area (Å²) < 4.78 is 8.57. The van der Waals surface area contributed by atoms with Crippen LogP contribution in [0.3, 0.4) is 0 Å². The van der Waals surface area contributed by atoms with E-state index in [1.165, 1.54) is 88.7 Å². The summed E-state index contributed by atoms with van der Waals surface area (Å²) in [4.78, 5) is 2.34. The van der Waals surface area contributed by atoms with Crippen LogP contribution in [0.2, 0.25) is 0 Å². The number of aryl methyl sites for hydroxylation is 2. The van der Waals surface area contributed by atoms with Gasteiger partial charge in [-0.1, -0.05) is 272 Å². The van der Waals surface area contributed by atoms with Crippen molar-refractivity contribution in [3.05, 3.63) is 300 Å². The average molecular weight is 1230 g/mol. The zero-order chi connectivity index (χ0) is 59.6. The molecule has 0 bridgehead atoms. The highest BCUT2D eigenvalue weighted by molar-refractivity contribution is 6.09. The van der Waals surface area contributed by atoms with E-state index in [2.05, 4.69) is 335 Å². The van der Waals surface area contributed by atoms with E-state index < -0.39 is 0 Å². The second kappa shape index (κ2) is 30.5. The SMILES string of the molecule is C.C.C.C.C.C.CCC(CC(CC(C)c1ccc(-c2ccc(-n3c4ccccc4c4ccccc43)cc2)cc1)c1ccc(-c2ccc(N(c3ccc(C)cc3)c3ccc(C)cc3)cc2)cc1)c1ccc(-c2ccc(-c3nnc(-c4ccc(C(C)(C)C)cc4)o3)cc2)cc1. The summed E-state index contributed by atoms with van der Waals surface area (Å²) in [6.07, 6.45) is 3.11. The molecule has 13 aromatic rings. The van der Waals surface area contributed by atoms with Gasteiger partial charge in [0.05, 0.1) is 11.0 Å². The summed E-state index contributed by atoms with van der Waals surface area (Å²) in [5, 5.41) is 11.4. The average Bonchev–Trinajstić information content (AvgIpc) is 1.60. The molecule has 0 spiro atoms. The minimum Gasteiger partial charge on any atom is -0.416 e. The zero-order valence-electron chi connectivity index (χ0n) is 51.0. The fraction of sp³-hybridized carbons (Fsp3) is 0.227. The highest BCUT2D eigenvalue weighted by atomic mass is 16.4. The number of para-hydroxylation sites is 2. The third-order valence-corrected chi connectivity index (χ3v) is 17.9. The number of hydrogen-bond donors (Lipinski definition) is 0. The van der Waals surface area contributed by atoms with E-state index in [4.69, 9.17) is 4.42 Å². The zero-order valence-corrected chi connectivity index (χ0v) is 51.0. The number of nitrogens with zero attached hydrogens (tertiary/aromatic N) is 4. The molecule has 476 valence electrons. The van der Waals surface area contributed by atoms with Crippen LogP contribution in [0.5, 0.6) is 0 Å². The first-order chi connectivity index (χ1) is 42.4.